The minimum Gasteiger partial charge on any atom is -0.390 e. The largest absolute Gasteiger partial charge is 0.390 e. The van der Waals surface area contributed by atoms with E-state index in [4.69, 9.17) is 4.74 Å². The smallest absolute Gasteiger partial charge is 0.272 e. The minimum atomic E-state index is -0.704. The average molecular weight is 438 g/mol. The van der Waals surface area contributed by atoms with Gasteiger partial charge in [-0.2, -0.15) is 0 Å². The molecule has 0 aliphatic heterocycles. The molecule has 0 aliphatic rings. The number of fused-ring (bicyclic) bond motifs is 1. The number of methoxy groups -OCH3 is 1. The fourth-order valence-corrected chi connectivity index (χ4v) is 3.51. The molecule has 3 aromatic rings. The van der Waals surface area contributed by atoms with Gasteiger partial charge in [0.2, 0.25) is 0 Å². The maximum absolute atomic E-state index is 12.5. The van der Waals surface area contributed by atoms with Crippen LogP contribution in [0, 0.1) is 0 Å². The number of aliphatic hydroxyl groups is 1. The molecule has 1 atom stereocenters. The summed E-state index contributed by atoms with van der Waals surface area (Å²) in [7, 11) is 1.57. The second-order valence-electron chi connectivity index (χ2n) is 9.19. The fourth-order valence-electron chi connectivity index (χ4n) is 3.51. The standard InChI is InChI=1S/C25H31N3O4/c1-8-24(3,4)21-17(13-19-23(31)26-14(2)22(30)28-19)16-11-15(9-10-18(16)27-21)12-20(29)25(5,6)32-7/h8-11,13,20,27,29H,1-2,12H2,3-7H3,(H,26,31)(H,28,30). The Morgan fingerprint density at radius 3 is 2.44 bits per heavy atom. The molecule has 0 bridgehead atoms. The van der Waals surface area contributed by atoms with Crippen molar-refractivity contribution in [2.24, 2.45) is 0 Å². The van der Waals surface area contributed by atoms with Crippen molar-refractivity contribution in [1.82, 2.24) is 15.0 Å². The molecular formula is C25H31N3O4. The van der Waals surface area contributed by atoms with E-state index < -0.39 is 28.2 Å². The Kier molecular flexibility index (Phi) is 6.18. The molecule has 0 aliphatic carbocycles. The van der Waals surface area contributed by atoms with Crippen LogP contribution < -0.4 is 21.8 Å². The Morgan fingerprint density at radius 1 is 1.12 bits per heavy atom. The van der Waals surface area contributed by atoms with Gasteiger partial charge in [0.05, 0.1) is 17.1 Å². The maximum Gasteiger partial charge on any atom is 0.272 e. The van der Waals surface area contributed by atoms with E-state index >= 15 is 0 Å². The summed E-state index contributed by atoms with van der Waals surface area (Å²) < 4.78 is 5.41. The molecule has 4 N–H and O–H groups in total. The Labute approximate surface area is 186 Å². The molecule has 0 saturated heterocycles. The molecule has 32 heavy (non-hydrogen) atoms. The van der Waals surface area contributed by atoms with E-state index in [1.165, 1.54) is 0 Å². The number of hydrogen-bond acceptors (Lipinski definition) is 4. The van der Waals surface area contributed by atoms with Crippen LogP contribution in [0.25, 0.3) is 23.6 Å². The van der Waals surface area contributed by atoms with Gasteiger partial charge in [0.15, 0.2) is 0 Å². The van der Waals surface area contributed by atoms with Gasteiger partial charge in [0.25, 0.3) is 11.1 Å². The minimum absolute atomic E-state index is 0.00903. The van der Waals surface area contributed by atoms with Crippen LogP contribution in [0.2, 0.25) is 0 Å². The first-order valence-corrected chi connectivity index (χ1v) is 10.4. The average Bonchev–Trinajstić information content (AvgIpc) is 3.10. The summed E-state index contributed by atoms with van der Waals surface area (Å²) in [5, 5.41) is 11.6. The van der Waals surface area contributed by atoms with Crippen molar-refractivity contribution in [1.29, 1.82) is 0 Å². The number of aromatic amines is 3. The van der Waals surface area contributed by atoms with E-state index in [2.05, 4.69) is 28.1 Å². The van der Waals surface area contributed by atoms with Crippen LogP contribution in [-0.4, -0.2) is 38.9 Å². The molecule has 0 radical (unpaired) electrons. The predicted octanol–water partition coefficient (Wildman–Crippen LogP) is 1.58. The first-order chi connectivity index (χ1) is 14.9. The zero-order valence-corrected chi connectivity index (χ0v) is 19.3. The highest BCUT2D eigenvalue weighted by Crippen LogP contribution is 2.34. The second kappa shape index (κ2) is 8.41. The summed E-state index contributed by atoms with van der Waals surface area (Å²) in [5.41, 5.74) is 1.41. The SMILES string of the molecule is C=CC(C)(C)c1[nH]c2ccc(CC(O)C(C)(C)OC)cc2c1C=c1[nH]c(=O)c(=C)[nH]c1=O. The number of H-pyrrole nitrogens is 3. The molecule has 7 nitrogen and oxygen atoms in total. The van der Waals surface area contributed by atoms with Crippen LogP contribution in [0.15, 0.2) is 40.4 Å². The molecule has 7 heteroatoms. The van der Waals surface area contributed by atoms with Gasteiger partial charge in [0.1, 0.15) is 5.35 Å². The number of benzene rings is 1. The van der Waals surface area contributed by atoms with Crippen LogP contribution in [0.4, 0.5) is 0 Å². The summed E-state index contributed by atoms with van der Waals surface area (Å²) >= 11 is 0. The summed E-state index contributed by atoms with van der Waals surface area (Å²) in [6, 6.07) is 5.88. The molecule has 0 saturated carbocycles. The van der Waals surface area contributed by atoms with Crippen molar-refractivity contribution in [3.8, 4) is 0 Å². The van der Waals surface area contributed by atoms with Gasteiger partial charge in [-0.25, -0.2) is 0 Å². The summed E-state index contributed by atoms with van der Waals surface area (Å²) in [6.07, 6.45) is 3.18. The first-order valence-electron chi connectivity index (χ1n) is 10.4. The third kappa shape index (κ3) is 4.40. The molecule has 2 aromatic heterocycles. The van der Waals surface area contributed by atoms with Gasteiger partial charge in [-0.05, 0) is 37.6 Å². The lowest BCUT2D eigenvalue weighted by Gasteiger charge is -2.29. The van der Waals surface area contributed by atoms with Gasteiger partial charge in [0, 0.05) is 41.1 Å². The van der Waals surface area contributed by atoms with Crippen molar-refractivity contribution in [2.75, 3.05) is 7.11 Å². The van der Waals surface area contributed by atoms with E-state index in [-0.39, 0.29) is 10.7 Å². The quantitative estimate of drug-likeness (QED) is 0.421. The Morgan fingerprint density at radius 2 is 1.81 bits per heavy atom. The maximum atomic E-state index is 12.5. The topological polar surface area (TPSA) is 111 Å². The molecule has 0 fully saturated rings. The number of hydrogen-bond donors (Lipinski definition) is 4. The van der Waals surface area contributed by atoms with Gasteiger partial charge < -0.3 is 24.8 Å². The zero-order valence-electron chi connectivity index (χ0n) is 19.3. The first kappa shape index (κ1) is 23.5. The molecule has 0 amide bonds. The van der Waals surface area contributed by atoms with Crippen molar-refractivity contribution >= 4 is 23.6 Å². The molecule has 1 unspecified atom stereocenters. The number of nitrogens with one attached hydrogen (secondary N) is 3. The van der Waals surface area contributed by atoms with Crippen LogP contribution in [-0.2, 0) is 16.6 Å². The Hall–Kier alpha value is -3.16. The zero-order chi connectivity index (χ0) is 23.8. The van der Waals surface area contributed by atoms with Crippen molar-refractivity contribution < 1.29 is 9.84 Å². The molecular weight excluding hydrogens is 406 g/mol. The predicted molar refractivity (Wildman–Crippen MR) is 128 cm³/mol. The van der Waals surface area contributed by atoms with Gasteiger partial charge in [-0.3, -0.25) is 9.59 Å². The lowest BCUT2D eigenvalue weighted by Crippen LogP contribution is -2.46. The van der Waals surface area contributed by atoms with E-state index in [9.17, 15) is 14.7 Å². The lowest BCUT2D eigenvalue weighted by atomic mass is 9.86. The highest BCUT2D eigenvalue weighted by molar-refractivity contribution is 5.91. The van der Waals surface area contributed by atoms with Gasteiger partial charge >= 0.3 is 0 Å². The summed E-state index contributed by atoms with van der Waals surface area (Å²) in [5.74, 6) is 0. The highest BCUT2D eigenvalue weighted by atomic mass is 16.5. The number of aromatic nitrogens is 3. The monoisotopic (exact) mass is 437 g/mol. The van der Waals surface area contributed by atoms with Crippen LogP contribution in [0.1, 0.15) is 44.5 Å². The third-order valence-electron chi connectivity index (χ3n) is 6.14. The van der Waals surface area contributed by atoms with Crippen LogP contribution in [0.3, 0.4) is 0 Å². The highest BCUT2D eigenvalue weighted by Gasteiger charge is 2.28. The molecule has 1 aromatic carbocycles. The summed E-state index contributed by atoms with van der Waals surface area (Å²) in [4.78, 5) is 33.0. The van der Waals surface area contributed by atoms with Gasteiger partial charge in [-0.15, -0.1) is 6.58 Å². The third-order valence-corrected chi connectivity index (χ3v) is 6.14. The summed E-state index contributed by atoms with van der Waals surface area (Å²) in [6.45, 7) is 15.2. The van der Waals surface area contributed by atoms with E-state index in [1.54, 1.807) is 13.2 Å². The number of rotatable bonds is 7. The Balaban J connectivity index is 2.28. The second-order valence-corrected chi connectivity index (χ2v) is 9.19. The van der Waals surface area contributed by atoms with Gasteiger partial charge in [-0.1, -0.05) is 32.6 Å². The van der Waals surface area contributed by atoms with Crippen LogP contribution >= 0.6 is 0 Å². The van der Waals surface area contributed by atoms with Crippen molar-refractivity contribution in [3.05, 3.63) is 79.1 Å². The van der Waals surface area contributed by atoms with Crippen LogP contribution in [0.5, 0.6) is 0 Å². The van der Waals surface area contributed by atoms with E-state index in [0.717, 1.165) is 27.7 Å². The molecule has 170 valence electrons. The molecule has 2 heterocycles. The number of aliphatic hydroxyl groups excluding tert-OH is 1. The number of allylic oxidation sites excluding steroid dienone is 1. The molecule has 3 rings (SSSR count). The van der Waals surface area contributed by atoms with E-state index in [0.29, 0.717) is 6.42 Å². The Bertz CT molecular complexity index is 1390. The normalized spacial score (nSPS) is 14.1. The fraction of sp³-hybridized carbons (Fsp3) is 0.360. The van der Waals surface area contributed by atoms with Crippen molar-refractivity contribution in [2.45, 2.75) is 51.2 Å². The number of ether oxygens (including phenoxy) is 1. The van der Waals surface area contributed by atoms with E-state index in [1.807, 2.05) is 52.0 Å². The lowest BCUT2D eigenvalue weighted by molar-refractivity contribution is -0.0764. The van der Waals surface area contributed by atoms with Crippen molar-refractivity contribution in [3.63, 3.8) is 0 Å². The molecule has 0 spiro atoms.